The fourth-order valence-corrected chi connectivity index (χ4v) is 4.62. The summed E-state index contributed by atoms with van der Waals surface area (Å²) >= 11 is 1.48. The topological polar surface area (TPSA) is 70.1 Å². The number of Topliss-reactive ketones (excluding diaryl/α,β-unsaturated/α-hetero) is 1. The van der Waals surface area contributed by atoms with Gasteiger partial charge in [0, 0.05) is 23.5 Å². The Kier molecular flexibility index (Phi) is 8.10. The summed E-state index contributed by atoms with van der Waals surface area (Å²) in [5.41, 5.74) is 0.637. The van der Waals surface area contributed by atoms with E-state index in [1.54, 1.807) is 29.2 Å². The van der Waals surface area contributed by atoms with Crippen molar-refractivity contribution < 1.29 is 19.4 Å². The lowest BCUT2D eigenvalue weighted by Crippen LogP contribution is -2.37. The molecule has 1 amide bonds. The third-order valence-corrected chi connectivity index (χ3v) is 6.54. The van der Waals surface area contributed by atoms with E-state index < -0.39 is 17.7 Å². The van der Waals surface area contributed by atoms with Crippen molar-refractivity contribution in [1.29, 1.82) is 0 Å². The molecule has 0 radical (unpaired) electrons. The number of ether oxygens (including phenoxy) is 1. The minimum absolute atomic E-state index is 0.146. The van der Waals surface area contributed by atoms with Crippen molar-refractivity contribution in [2.45, 2.75) is 33.7 Å². The van der Waals surface area contributed by atoms with Crippen LogP contribution in [0.1, 0.15) is 44.2 Å². The van der Waals surface area contributed by atoms with Gasteiger partial charge in [0.2, 0.25) is 0 Å². The molecular formula is C25H32N2O4S. The summed E-state index contributed by atoms with van der Waals surface area (Å²) in [4.78, 5) is 30.6. The molecule has 2 aromatic rings. The molecule has 7 heteroatoms. The smallest absolute Gasteiger partial charge is 0.295 e. The van der Waals surface area contributed by atoms with E-state index in [1.807, 2.05) is 17.5 Å². The first-order valence-electron chi connectivity index (χ1n) is 11.1. The molecule has 1 N–H and O–H groups in total. The molecule has 1 aromatic heterocycles. The summed E-state index contributed by atoms with van der Waals surface area (Å²) < 4.78 is 5.71. The summed E-state index contributed by atoms with van der Waals surface area (Å²) in [5, 5.41) is 13.0. The molecule has 1 fully saturated rings. The van der Waals surface area contributed by atoms with E-state index in [2.05, 4.69) is 32.6 Å². The highest BCUT2D eigenvalue weighted by molar-refractivity contribution is 7.10. The molecule has 0 aliphatic carbocycles. The number of thiophene rings is 1. The number of likely N-dealkylation sites (tertiary alicyclic amines) is 1. The predicted molar refractivity (Wildman–Crippen MR) is 128 cm³/mol. The molecular weight excluding hydrogens is 424 g/mol. The molecule has 0 saturated carbocycles. The van der Waals surface area contributed by atoms with Gasteiger partial charge in [0.15, 0.2) is 0 Å². The molecule has 1 aliphatic rings. The lowest BCUT2D eigenvalue weighted by molar-refractivity contribution is -0.140. The SMILES string of the molecule is CCN(CC)CCN1C(=O)C(=O)C(=C(O)c2ccc(OCC(C)C)cc2)[C@@H]1c1cccs1. The van der Waals surface area contributed by atoms with E-state index in [1.165, 1.54) is 11.3 Å². The summed E-state index contributed by atoms with van der Waals surface area (Å²) in [7, 11) is 0. The van der Waals surface area contributed by atoms with Crippen LogP contribution in [0.25, 0.3) is 5.76 Å². The van der Waals surface area contributed by atoms with Gasteiger partial charge < -0.3 is 19.6 Å². The van der Waals surface area contributed by atoms with E-state index in [4.69, 9.17) is 4.74 Å². The second-order valence-electron chi connectivity index (χ2n) is 8.26. The molecule has 2 heterocycles. The monoisotopic (exact) mass is 456 g/mol. The highest BCUT2D eigenvalue weighted by Crippen LogP contribution is 2.41. The molecule has 1 saturated heterocycles. The Balaban J connectivity index is 1.94. The maximum atomic E-state index is 13.0. The molecule has 0 bridgehead atoms. The van der Waals surface area contributed by atoms with Crippen molar-refractivity contribution in [1.82, 2.24) is 9.80 Å². The first-order chi connectivity index (χ1) is 15.4. The van der Waals surface area contributed by atoms with Gasteiger partial charge in [-0.25, -0.2) is 0 Å². The standard InChI is InChI=1S/C25H32N2O4S/c1-5-26(6-2)13-14-27-22(20-8-7-15-32-20)21(24(29)25(27)30)23(28)18-9-11-19(12-10-18)31-16-17(3)4/h7-12,15,17,22,28H,5-6,13-14,16H2,1-4H3/t22-/m0/s1. The zero-order valence-electron chi connectivity index (χ0n) is 19.2. The molecule has 0 spiro atoms. The maximum absolute atomic E-state index is 13.0. The molecule has 32 heavy (non-hydrogen) atoms. The van der Waals surface area contributed by atoms with Gasteiger partial charge in [-0.1, -0.05) is 33.8 Å². The summed E-state index contributed by atoms with van der Waals surface area (Å²) in [6, 6.07) is 10.2. The van der Waals surface area contributed by atoms with Crippen LogP contribution in [0.15, 0.2) is 47.4 Å². The van der Waals surface area contributed by atoms with Crippen LogP contribution in [0, 0.1) is 5.92 Å². The first kappa shape index (κ1) is 24.0. The van der Waals surface area contributed by atoms with Gasteiger partial charge >= 0.3 is 0 Å². The Bertz CT molecular complexity index is 947. The summed E-state index contributed by atoms with van der Waals surface area (Å²) in [6.07, 6.45) is 0. The number of amides is 1. The van der Waals surface area contributed by atoms with Gasteiger partial charge in [0.05, 0.1) is 18.2 Å². The molecule has 1 atom stereocenters. The highest BCUT2D eigenvalue weighted by Gasteiger charge is 2.46. The zero-order chi connectivity index (χ0) is 23.3. The molecule has 172 valence electrons. The van der Waals surface area contributed by atoms with Crippen molar-refractivity contribution >= 4 is 28.8 Å². The number of aliphatic hydroxyl groups excluding tert-OH is 1. The van der Waals surface area contributed by atoms with Crippen LogP contribution in [-0.2, 0) is 9.59 Å². The zero-order valence-corrected chi connectivity index (χ0v) is 20.0. The number of ketones is 1. The minimum atomic E-state index is -0.638. The van der Waals surface area contributed by atoms with Gasteiger partial charge in [0.1, 0.15) is 11.5 Å². The number of benzene rings is 1. The summed E-state index contributed by atoms with van der Waals surface area (Å²) in [6.45, 7) is 11.7. The minimum Gasteiger partial charge on any atom is -0.507 e. The number of carbonyl (C=O) groups excluding carboxylic acids is 2. The van der Waals surface area contributed by atoms with E-state index in [-0.39, 0.29) is 11.3 Å². The Morgan fingerprint density at radius 3 is 2.41 bits per heavy atom. The maximum Gasteiger partial charge on any atom is 0.295 e. The largest absolute Gasteiger partial charge is 0.507 e. The van der Waals surface area contributed by atoms with Crippen LogP contribution >= 0.6 is 11.3 Å². The molecule has 1 aromatic carbocycles. The average Bonchev–Trinajstić information content (AvgIpc) is 3.40. The average molecular weight is 457 g/mol. The normalized spacial score (nSPS) is 18.2. The van der Waals surface area contributed by atoms with Crippen LogP contribution in [0.2, 0.25) is 0 Å². The van der Waals surface area contributed by atoms with E-state index in [9.17, 15) is 14.7 Å². The van der Waals surface area contributed by atoms with Crippen molar-refractivity contribution in [2.24, 2.45) is 5.92 Å². The molecule has 1 aliphatic heterocycles. The van der Waals surface area contributed by atoms with E-state index in [0.717, 1.165) is 18.0 Å². The van der Waals surface area contributed by atoms with Gasteiger partial charge in [-0.05, 0) is 54.7 Å². The number of hydrogen-bond donors (Lipinski definition) is 1. The van der Waals surface area contributed by atoms with Crippen LogP contribution < -0.4 is 4.74 Å². The van der Waals surface area contributed by atoms with E-state index >= 15 is 0 Å². The number of carbonyl (C=O) groups is 2. The number of rotatable bonds is 10. The van der Waals surface area contributed by atoms with Crippen LogP contribution in [0.4, 0.5) is 0 Å². The predicted octanol–water partition coefficient (Wildman–Crippen LogP) is 4.55. The fourth-order valence-electron chi connectivity index (χ4n) is 3.77. The van der Waals surface area contributed by atoms with Crippen molar-refractivity contribution in [3.63, 3.8) is 0 Å². The molecule has 6 nitrogen and oxygen atoms in total. The lowest BCUT2D eigenvalue weighted by Gasteiger charge is -2.27. The Hall–Kier alpha value is -2.64. The Labute approximate surface area is 194 Å². The van der Waals surface area contributed by atoms with Gasteiger partial charge in [-0.3, -0.25) is 9.59 Å². The van der Waals surface area contributed by atoms with Crippen LogP contribution in [0.3, 0.4) is 0 Å². The third kappa shape index (κ3) is 5.22. The second kappa shape index (κ2) is 10.8. The molecule has 0 unspecified atom stereocenters. The highest BCUT2D eigenvalue weighted by atomic mass is 32.1. The lowest BCUT2D eigenvalue weighted by atomic mass is 10.00. The number of hydrogen-bond acceptors (Lipinski definition) is 6. The molecule has 3 rings (SSSR count). The van der Waals surface area contributed by atoms with Crippen molar-refractivity contribution in [2.75, 3.05) is 32.8 Å². The Morgan fingerprint density at radius 1 is 1.16 bits per heavy atom. The van der Waals surface area contributed by atoms with Crippen molar-refractivity contribution in [3.8, 4) is 5.75 Å². The number of likely N-dealkylation sites (N-methyl/N-ethyl adjacent to an activating group) is 1. The van der Waals surface area contributed by atoms with Gasteiger partial charge in [-0.15, -0.1) is 11.3 Å². The number of aliphatic hydroxyl groups is 1. The van der Waals surface area contributed by atoms with Crippen LogP contribution in [-0.4, -0.2) is 59.4 Å². The number of nitrogens with zero attached hydrogens (tertiary/aromatic N) is 2. The van der Waals surface area contributed by atoms with E-state index in [0.29, 0.717) is 36.9 Å². The van der Waals surface area contributed by atoms with Gasteiger partial charge in [-0.2, -0.15) is 0 Å². The van der Waals surface area contributed by atoms with Crippen molar-refractivity contribution in [3.05, 3.63) is 57.8 Å². The summed E-state index contributed by atoms with van der Waals surface area (Å²) in [5.74, 6) is -0.247. The quantitative estimate of drug-likeness (QED) is 0.323. The van der Waals surface area contributed by atoms with Gasteiger partial charge in [0.25, 0.3) is 11.7 Å². The second-order valence-corrected chi connectivity index (χ2v) is 9.24. The van der Waals surface area contributed by atoms with Crippen LogP contribution in [0.5, 0.6) is 5.75 Å². The third-order valence-electron chi connectivity index (χ3n) is 5.62. The first-order valence-corrected chi connectivity index (χ1v) is 12.0. The Morgan fingerprint density at radius 2 is 1.84 bits per heavy atom. The fraction of sp³-hybridized carbons (Fsp3) is 0.440.